The summed E-state index contributed by atoms with van der Waals surface area (Å²) in [6, 6.07) is 10.2. The van der Waals surface area contributed by atoms with Crippen molar-refractivity contribution in [3.63, 3.8) is 0 Å². The van der Waals surface area contributed by atoms with Gasteiger partial charge in [0, 0.05) is 28.8 Å². The Labute approximate surface area is 114 Å². The van der Waals surface area contributed by atoms with Crippen LogP contribution in [-0.2, 0) is 0 Å². The van der Waals surface area contributed by atoms with Gasteiger partial charge in [-0.05, 0) is 50.9 Å². The van der Waals surface area contributed by atoms with Crippen LogP contribution < -0.4 is 5.32 Å². The Hall–Kier alpha value is -0.730. The minimum absolute atomic E-state index is 0.606. The van der Waals surface area contributed by atoms with Gasteiger partial charge in [-0.1, -0.05) is 24.1 Å². The Kier molecular flexibility index (Phi) is 3.49. The fourth-order valence-electron chi connectivity index (χ4n) is 3.55. The molecule has 2 aliphatic rings. The average Bonchev–Trinajstić information content (AvgIpc) is 2.30. The van der Waals surface area contributed by atoms with Gasteiger partial charge in [0.05, 0.1) is 0 Å². The Morgan fingerprint density at radius 3 is 2.61 bits per heavy atom. The van der Waals surface area contributed by atoms with Crippen molar-refractivity contribution in [2.45, 2.75) is 50.2 Å². The van der Waals surface area contributed by atoms with E-state index in [1.165, 1.54) is 32.1 Å². The van der Waals surface area contributed by atoms with Gasteiger partial charge < -0.3 is 10.2 Å². The Bertz CT molecular complexity index is 407. The minimum Gasteiger partial charge on any atom is -0.382 e. The number of nitrogens with one attached hydrogen (secondary N) is 1. The lowest BCUT2D eigenvalue weighted by Gasteiger charge is -2.47. The maximum absolute atomic E-state index is 6.03. The summed E-state index contributed by atoms with van der Waals surface area (Å²) >= 11 is 6.03. The van der Waals surface area contributed by atoms with Crippen LogP contribution in [0.5, 0.6) is 0 Å². The fourth-order valence-corrected chi connectivity index (χ4v) is 3.74. The SMILES string of the molecule is CN1C2CCCC1CC(Nc1cccc(Cl)c1)C2. The summed E-state index contributed by atoms with van der Waals surface area (Å²) in [5.74, 6) is 0. The van der Waals surface area contributed by atoms with Crippen molar-refractivity contribution < 1.29 is 0 Å². The van der Waals surface area contributed by atoms with Crippen molar-refractivity contribution in [3.05, 3.63) is 29.3 Å². The molecule has 2 atom stereocenters. The highest BCUT2D eigenvalue weighted by Crippen LogP contribution is 2.34. The van der Waals surface area contributed by atoms with Gasteiger partial charge in [0.25, 0.3) is 0 Å². The van der Waals surface area contributed by atoms with E-state index in [0.29, 0.717) is 6.04 Å². The third-order valence-corrected chi connectivity index (χ3v) is 4.77. The number of halogens is 1. The highest BCUT2D eigenvalue weighted by molar-refractivity contribution is 6.30. The van der Waals surface area contributed by atoms with E-state index in [-0.39, 0.29) is 0 Å². The molecule has 98 valence electrons. The summed E-state index contributed by atoms with van der Waals surface area (Å²) < 4.78 is 0. The molecule has 1 aromatic rings. The zero-order valence-corrected chi connectivity index (χ0v) is 11.7. The van der Waals surface area contributed by atoms with Crippen LogP contribution in [0.4, 0.5) is 5.69 Å². The molecule has 18 heavy (non-hydrogen) atoms. The molecule has 0 aliphatic carbocycles. The maximum atomic E-state index is 6.03. The largest absolute Gasteiger partial charge is 0.382 e. The lowest BCUT2D eigenvalue weighted by molar-refractivity contribution is 0.0608. The molecule has 2 unspecified atom stereocenters. The molecule has 0 spiro atoms. The van der Waals surface area contributed by atoms with Gasteiger partial charge in [0.1, 0.15) is 0 Å². The Morgan fingerprint density at radius 2 is 1.94 bits per heavy atom. The van der Waals surface area contributed by atoms with Gasteiger partial charge in [-0.2, -0.15) is 0 Å². The van der Waals surface area contributed by atoms with Gasteiger partial charge >= 0.3 is 0 Å². The third-order valence-electron chi connectivity index (χ3n) is 4.54. The van der Waals surface area contributed by atoms with E-state index in [0.717, 1.165) is 22.8 Å². The summed E-state index contributed by atoms with van der Waals surface area (Å²) in [5.41, 5.74) is 1.16. The zero-order chi connectivity index (χ0) is 12.5. The van der Waals surface area contributed by atoms with Crippen LogP contribution in [0.15, 0.2) is 24.3 Å². The smallest absolute Gasteiger partial charge is 0.0426 e. The first-order valence-corrected chi connectivity index (χ1v) is 7.34. The second-order valence-corrected chi connectivity index (χ2v) is 6.16. The van der Waals surface area contributed by atoms with Crippen LogP contribution in [0, 0.1) is 0 Å². The third kappa shape index (κ3) is 2.50. The van der Waals surface area contributed by atoms with Crippen LogP contribution in [0.3, 0.4) is 0 Å². The predicted molar refractivity (Wildman–Crippen MR) is 77.3 cm³/mol. The van der Waals surface area contributed by atoms with Crippen LogP contribution in [0.2, 0.25) is 5.02 Å². The lowest BCUT2D eigenvalue weighted by Crippen LogP contribution is -2.52. The molecule has 2 nitrogen and oxygen atoms in total. The minimum atomic E-state index is 0.606. The van der Waals surface area contributed by atoms with E-state index >= 15 is 0 Å². The van der Waals surface area contributed by atoms with Gasteiger partial charge in [-0.3, -0.25) is 0 Å². The number of rotatable bonds is 2. The van der Waals surface area contributed by atoms with Gasteiger partial charge in [0.15, 0.2) is 0 Å². The number of nitrogens with zero attached hydrogens (tertiary/aromatic N) is 1. The molecule has 2 fully saturated rings. The van der Waals surface area contributed by atoms with E-state index in [9.17, 15) is 0 Å². The molecule has 0 saturated carbocycles. The molecule has 0 aromatic heterocycles. The standard InChI is InChI=1S/C15H21ClN2/c1-18-14-6-3-7-15(18)10-13(9-14)17-12-5-2-4-11(16)8-12/h2,4-5,8,13-15,17H,3,6-7,9-10H2,1H3. The molecule has 2 saturated heterocycles. The first kappa shape index (κ1) is 12.3. The molecule has 3 rings (SSSR count). The number of piperidine rings is 2. The van der Waals surface area contributed by atoms with Crippen LogP contribution in [0.1, 0.15) is 32.1 Å². The van der Waals surface area contributed by atoms with E-state index in [2.05, 4.69) is 23.3 Å². The average molecular weight is 265 g/mol. The number of anilines is 1. The first-order valence-electron chi connectivity index (χ1n) is 6.96. The molecule has 2 aliphatic heterocycles. The van der Waals surface area contributed by atoms with Crippen molar-refractivity contribution in [1.29, 1.82) is 0 Å². The number of benzene rings is 1. The van der Waals surface area contributed by atoms with Crippen LogP contribution in [0.25, 0.3) is 0 Å². The quantitative estimate of drug-likeness (QED) is 0.875. The first-order chi connectivity index (χ1) is 8.72. The molecule has 3 heteroatoms. The van der Waals surface area contributed by atoms with E-state index in [4.69, 9.17) is 11.6 Å². The number of hydrogen-bond donors (Lipinski definition) is 1. The van der Waals surface area contributed by atoms with Crippen molar-refractivity contribution in [2.75, 3.05) is 12.4 Å². The van der Waals surface area contributed by atoms with Crippen LogP contribution in [-0.4, -0.2) is 30.1 Å². The normalized spacial score (nSPS) is 32.2. The molecule has 0 radical (unpaired) electrons. The molecule has 1 aromatic carbocycles. The zero-order valence-electron chi connectivity index (χ0n) is 10.9. The lowest BCUT2D eigenvalue weighted by atomic mass is 9.82. The molecule has 2 bridgehead atoms. The second kappa shape index (κ2) is 5.10. The topological polar surface area (TPSA) is 15.3 Å². The second-order valence-electron chi connectivity index (χ2n) is 5.73. The number of fused-ring (bicyclic) bond motifs is 2. The van der Waals surface area contributed by atoms with E-state index < -0.39 is 0 Å². The summed E-state index contributed by atoms with van der Waals surface area (Å²) in [6.07, 6.45) is 6.66. The maximum Gasteiger partial charge on any atom is 0.0426 e. The summed E-state index contributed by atoms with van der Waals surface area (Å²) in [6.45, 7) is 0. The van der Waals surface area contributed by atoms with Crippen molar-refractivity contribution in [2.24, 2.45) is 0 Å². The van der Waals surface area contributed by atoms with E-state index in [1.807, 2.05) is 18.2 Å². The predicted octanol–water partition coefficient (Wildman–Crippen LogP) is 3.77. The highest BCUT2D eigenvalue weighted by atomic mass is 35.5. The van der Waals surface area contributed by atoms with Crippen LogP contribution >= 0.6 is 11.6 Å². The van der Waals surface area contributed by atoms with Gasteiger partial charge in [-0.15, -0.1) is 0 Å². The van der Waals surface area contributed by atoms with Crippen molar-refractivity contribution in [1.82, 2.24) is 4.90 Å². The summed E-state index contributed by atoms with van der Waals surface area (Å²) in [7, 11) is 2.30. The Morgan fingerprint density at radius 1 is 1.22 bits per heavy atom. The monoisotopic (exact) mass is 264 g/mol. The molecular formula is C15H21ClN2. The molecular weight excluding hydrogens is 244 g/mol. The number of hydrogen-bond acceptors (Lipinski definition) is 2. The fraction of sp³-hybridized carbons (Fsp3) is 0.600. The van der Waals surface area contributed by atoms with Crippen molar-refractivity contribution >= 4 is 17.3 Å². The van der Waals surface area contributed by atoms with Crippen molar-refractivity contribution in [3.8, 4) is 0 Å². The van der Waals surface area contributed by atoms with Gasteiger partial charge in [-0.25, -0.2) is 0 Å². The molecule has 1 N–H and O–H groups in total. The molecule has 2 heterocycles. The summed E-state index contributed by atoms with van der Waals surface area (Å²) in [5, 5.41) is 4.47. The van der Waals surface area contributed by atoms with Gasteiger partial charge in [0.2, 0.25) is 0 Å². The Balaban J connectivity index is 1.68. The highest BCUT2D eigenvalue weighted by Gasteiger charge is 2.35. The van der Waals surface area contributed by atoms with E-state index in [1.54, 1.807) is 0 Å². The molecule has 0 amide bonds. The summed E-state index contributed by atoms with van der Waals surface area (Å²) in [4.78, 5) is 2.60.